The largest absolute Gasteiger partial charge is 0.392 e. The number of carbonyl (C=O) groups excluding carboxylic acids is 1. The zero-order valence-corrected chi connectivity index (χ0v) is 19.2. The van der Waals surface area contributed by atoms with Gasteiger partial charge in [-0.3, -0.25) is 4.79 Å². The van der Waals surface area contributed by atoms with Gasteiger partial charge >= 0.3 is 0 Å². The summed E-state index contributed by atoms with van der Waals surface area (Å²) < 4.78 is 0. The average molecular weight is 428 g/mol. The third-order valence-corrected chi connectivity index (χ3v) is 8.51. The number of thiazole rings is 1. The van der Waals surface area contributed by atoms with Crippen molar-refractivity contribution in [3.8, 4) is 0 Å². The molecule has 1 saturated carbocycles. The molecule has 6 atom stereocenters. The van der Waals surface area contributed by atoms with E-state index in [-0.39, 0.29) is 35.0 Å². The number of nitrogens with zero attached hydrogens (tertiary/aromatic N) is 2. The fourth-order valence-corrected chi connectivity index (χ4v) is 7.17. The van der Waals surface area contributed by atoms with Crippen LogP contribution in [0.4, 0.5) is 5.13 Å². The van der Waals surface area contributed by atoms with E-state index in [1.54, 1.807) is 16.2 Å². The number of fused-ring (bicyclic) bond motifs is 2. The lowest BCUT2D eigenvalue weighted by molar-refractivity contribution is -0.144. The molecule has 2 aromatic rings. The van der Waals surface area contributed by atoms with Crippen LogP contribution >= 0.6 is 11.3 Å². The van der Waals surface area contributed by atoms with E-state index in [0.29, 0.717) is 11.7 Å². The number of aliphatic hydroxyl groups excluding tert-OH is 1. The number of benzene rings is 1. The number of nitrogen functional groups attached to an aromatic ring is 1. The van der Waals surface area contributed by atoms with Crippen LogP contribution in [0, 0.1) is 23.2 Å². The standard InChI is InChI=1S/C24H33N3O2S/c1-14(22(29)27(4)13-16-8-6-5-7-9-16)17-10-11-24(3)12-18-20(26-23(25)30-18)15(2)19(24)21(17)28/h5-9,14-15,17,19,21,28H,10-13H2,1-4H3,(H2,25,26)/t14-,15-,17-,19+,21-,24+/m0/s1. The van der Waals surface area contributed by atoms with Crippen molar-refractivity contribution in [1.82, 2.24) is 9.88 Å². The molecule has 0 unspecified atom stereocenters. The highest BCUT2D eigenvalue weighted by atomic mass is 32.1. The number of rotatable bonds is 4. The van der Waals surface area contributed by atoms with Crippen LogP contribution in [0.15, 0.2) is 30.3 Å². The molecule has 3 N–H and O–H groups in total. The Morgan fingerprint density at radius 3 is 2.80 bits per heavy atom. The third-order valence-electron chi connectivity index (χ3n) is 7.61. The van der Waals surface area contributed by atoms with Gasteiger partial charge in [0.05, 0.1) is 11.8 Å². The lowest BCUT2D eigenvalue weighted by atomic mass is 9.53. The summed E-state index contributed by atoms with van der Waals surface area (Å²) in [6.45, 7) is 7.03. The van der Waals surface area contributed by atoms with Crippen molar-refractivity contribution in [3.63, 3.8) is 0 Å². The summed E-state index contributed by atoms with van der Waals surface area (Å²) in [4.78, 5) is 20.9. The smallest absolute Gasteiger partial charge is 0.225 e. The first-order valence-electron chi connectivity index (χ1n) is 10.9. The fraction of sp³-hybridized carbons (Fsp3) is 0.583. The Labute approximate surface area is 183 Å². The number of carbonyl (C=O) groups is 1. The van der Waals surface area contributed by atoms with Crippen LogP contribution in [-0.2, 0) is 17.8 Å². The van der Waals surface area contributed by atoms with E-state index in [1.807, 2.05) is 44.3 Å². The van der Waals surface area contributed by atoms with E-state index in [1.165, 1.54) is 4.88 Å². The first kappa shape index (κ1) is 21.3. The molecule has 2 aliphatic rings. The van der Waals surface area contributed by atoms with Crippen LogP contribution in [0.1, 0.15) is 55.7 Å². The van der Waals surface area contributed by atoms with Crippen molar-refractivity contribution in [1.29, 1.82) is 0 Å². The normalized spacial score (nSPS) is 31.5. The minimum atomic E-state index is -0.515. The Balaban J connectivity index is 1.51. The maximum absolute atomic E-state index is 13.2. The molecule has 0 bridgehead atoms. The summed E-state index contributed by atoms with van der Waals surface area (Å²) in [6.07, 6.45) is 2.29. The van der Waals surface area contributed by atoms with Crippen LogP contribution in [0.5, 0.6) is 0 Å². The van der Waals surface area contributed by atoms with Gasteiger partial charge in [0.15, 0.2) is 5.13 Å². The van der Waals surface area contributed by atoms with Gasteiger partial charge in [-0.2, -0.15) is 0 Å². The molecule has 4 rings (SSSR count). The summed E-state index contributed by atoms with van der Waals surface area (Å²) in [5.74, 6) is 0.101. The molecule has 0 saturated heterocycles. The molecular formula is C24H33N3O2S. The SMILES string of the molecule is C[C@H](C(=O)N(C)Cc1ccccc1)[C@@H]1CC[C@]2(C)Cc3sc(N)nc3[C@@H](C)[C@@H]2[C@H]1O. The molecule has 2 aliphatic carbocycles. The van der Waals surface area contributed by atoms with Gasteiger partial charge < -0.3 is 15.7 Å². The van der Waals surface area contributed by atoms with E-state index in [9.17, 15) is 9.90 Å². The van der Waals surface area contributed by atoms with Gasteiger partial charge in [-0.15, -0.1) is 11.3 Å². The minimum Gasteiger partial charge on any atom is -0.392 e. The Hall–Kier alpha value is -1.92. The molecule has 1 aromatic heterocycles. The number of aromatic nitrogens is 1. The molecule has 162 valence electrons. The predicted octanol–water partition coefficient (Wildman–Crippen LogP) is 4.07. The second-order valence-corrected chi connectivity index (χ2v) is 10.8. The maximum atomic E-state index is 13.2. The van der Waals surface area contributed by atoms with Gasteiger partial charge in [0, 0.05) is 30.3 Å². The zero-order valence-electron chi connectivity index (χ0n) is 18.3. The molecule has 6 heteroatoms. The van der Waals surface area contributed by atoms with Crippen LogP contribution in [0.25, 0.3) is 0 Å². The highest BCUT2D eigenvalue weighted by Gasteiger charge is 2.54. The molecule has 5 nitrogen and oxygen atoms in total. The van der Waals surface area contributed by atoms with E-state index in [4.69, 9.17) is 5.73 Å². The molecular weight excluding hydrogens is 394 g/mol. The van der Waals surface area contributed by atoms with Crippen LogP contribution in [-0.4, -0.2) is 34.0 Å². The molecule has 30 heavy (non-hydrogen) atoms. The van der Waals surface area contributed by atoms with Crippen molar-refractivity contribution in [3.05, 3.63) is 46.5 Å². The molecule has 1 heterocycles. The van der Waals surface area contributed by atoms with Gasteiger partial charge in [0.1, 0.15) is 0 Å². The van der Waals surface area contributed by atoms with Gasteiger partial charge in [-0.25, -0.2) is 4.98 Å². The Kier molecular flexibility index (Phi) is 5.66. The molecule has 0 spiro atoms. The Morgan fingerprint density at radius 1 is 1.40 bits per heavy atom. The lowest BCUT2D eigenvalue weighted by Crippen LogP contribution is -2.53. The molecule has 1 fully saturated rings. The van der Waals surface area contributed by atoms with E-state index < -0.39 is 6.10 Å². The fourth-order valence-electron chi connectivity index (χ4n) is 6.03. The van der Waals surface area contributed by atoms with Gasteiger partial charge in [0.2, 0.25) is 5.91 Å². The number of anilines is 1. The number of amides is 1. The van der Waals surface area contributed by atoms with Crippen molar-refractivity contribution in [2.24, 2.45) is 23.2 Å². The van der Waals surface area contributed by atoms with Crippen molar-refractivity contribution < 1.29 is 9.90 Å². The Bertz CT molecular complexity index is 914. The summed E-state index contributed by atoms with van der Waals surface area (Å²) in [5, 5.41) is 12.1. The zero-order chi connectivity index (χ0) is 21.6. The lowest BCUT2D eigenvalue weighted by Gasteiger charge is -2.53. The van der Waals surface area contributed by atoms with Crippen LogP contribution in [0.3, 0.4) is 0 Å². The summed E-state index contributed by atoms with van der Waals surface area (Å²) in [7, 11) is 1.86. The number of nitrogens with two attached hydrogens (primary N) is 1. The topological polar surface area (TPSA) is 79.5 Å². The molecule has 0 radical (unpaired) electrons. The van der Waals surface area contributed by atoms with Crippen LogP contribution < -0.4 is 5.73 Å². The van der Waals surface area contributed by atoms with Gasteiger partial charge in [0.25, 0.3) is 0 Å². The molecule has 0 aliphatic heterocycles. The summed E-state index contributed by atoms with van der Waals surface area (Å²) >= 11 is 1.59. The predicted molar refractivity (Wildman–Crippen MR) is 121 cm³/mol. The molecule has 1 amide bonds. The Morgan fingerprint density at radius 2 is 2.10 bits per heavy atom. The minimum absolute atomic E-state index is 0.0278. The van der Waals surface area contributed by atoms with Gasteiger partial charge in [-0.05, 0) is 42.1 Å². The monoisotopic (exact) mass is 427 g/mol. The number of aliphatic hydroxyl groups is 1. The first-order chi connectivity index (χ1) is 14.2. The van der Waals surface area contributed by atoms with Crippen molar-refractivity contribution in [2.45, 2.75) is 58.6 Å². The van der Waals surface area contributed by atoms with Crippen molar-refractivity contribution in [2.75, 3.05) is 12.8 Å². The number of hydrogen-bond donors (Lipinski definition) is 2. The maximum Gasteiger partial charge on any atom is 0.225 e. The molecule has 1 aromatic carbocycles. The average Bonchev–Trinajstić information content (AvgIpc) is 3.07. The second kappa shape index (κ2) is 7.97. The van der Waals surface area contributed by atoms with E-state index >= 15 is 0 Å². The van der Waals surface area contributed by atoms with Crippen LogP contribution in [0.2, 0.25) is 0 Å². The highest BCUT2D eigenvalue weighted by molar-refractivity contribution is 7.15. The van der Waals surface area contributed by atoms with Gasteiger partial charge in [-0.1, -0.05) is 51.1 Å². The third kappa shape index (κ3) is 3.65. The quantitative estimate of drug-likeness (QED) is 0.771. The van der Waals surface area contributed by atoms with E-state index in [0.717, 1.165) is 30.5 Å². The first-order valence-corrected chi connectivity index (χ1v) is 11.7. The van der Waals surface area contributed by atoms with Crippen molar-refractivity contribution >= 4 is 22.4 Å². The second-order valence-electron chi connectivity index (χ2n) is 9.67. The summed E-state index contributed by atoms with van der Waals surface area (Å²) in [5.41, 5.74) is 8.20. The summed E-state index contributed by atoms with van der Waals surface area (Å²) in [6, 6.07) is 10.0. The van der Waals surface area contributed by atoms with E-state index in [2.05, 4.69) is 18.8 Å². The highest BCUT2D eigenvalue weighted by Crippen LogP contribution is 2.57. The number of hydrogen-bond acceptors (Lipinski definition) is 5.